The Kier molecular flexibility index (Phi) is 11.5. The summed E-state index contributed by atoms with van der Waals surface area (Å²) in [5.41, 5.74) is 0. The zero-order chi connectivity index (χ0) is 13.6. The molecule has 0 aromatic rings. The Labute approximate surface area is 106 Å². The third-order valence-corrected chi connectivity index (χ3v) is 1.69. The number of rotatable bonds is 11. The topological polar surface area (TPSA) is 91.3 Å². The van der Waals surface area contributed by atoms with Gasteiger partial charge in [0.25, 0.3) is 0 Å². The van der Waals surface area contributed by atoms with E-state index in [0.717, 1.165) is 0 Å². The quantitative estimate of drug-likeness (QED) is 0.306. The third kappa shape index (κ3) is 11.3. The molecule has 0 fully saturated rings. The van der Waals surface area contributed by atoms with Gasteiger partial charge in [-0.15, -0.1) is 0 Å². The van der Waals surface area contributed by atoms with E-state index < -0.39 is 11.9 Å². The van der Waals surface area contributed by atoms with Crippen molar-refractivity contribution in [3.05, 3.63) is 0 Å². The first-order valence-electron chi connectivity index (χ1n) is 5.78. The first kappa shape index (κ1) is 16.8. The SMILES string of the molecule is CCOC(=O)CC(=O)OCCOCCOCCO. The fourth-order valence-corrected chi connectivity index (χ4v) is 0.982. The highest BCUT2D eigenvalue weighted by Crippen LogP contribution is 1.91. The first-order valence-corrected chi connectivity index (χ1v) is 5.78. The standard InChI is InChI=1S/C11H20O7/c1-2-17-10(13)9-11(14)18-8-7-16-6-5-15-4-3-12/h12H,2-9H2,1H3. The molecule has 0 bridgehead atoms. The van der Waals surface area contributed by atoms with Gasteiger partial charge in [0.1, 0.15) is 13.0 Å². The van der Waals surface area contributed by atoms with Crippen molar-refractivity contribution in [1.82, 2.24) is 0 Å². The van der Waals surface area contributed by atoms with E-state index in [9.17, 15) is 9.59 Å². The Balaban J connectivity index is 3.27. The number of carbonyl (C=O) groups is 2. The summed E-state index contributed by atoms with van der Waals surface area (Å²) < 4.78 is 19.4. The maximum atomic E-state index is 11.1. The maximum absolute atomic E-state index is 11.1. The molecule has 0 aliphatic rings. The summed E-state index contributed by atoms with van der Waals surface area (Å²) in [5.74, 6) is -1.23. The van der Waals surface area contributed by atoms with E-state index in [4.69, 9.17) is 19.3 Å². The van der Waals surface area contributed by atoms with Gasteiger partial charge in [0.15, 0.2) is 0 Å². The van der Waals surface area contributed by atoms with Gasteiger partial charge in [0.2, 0.25) is 0 Å². The Morgan fingerprint density at radius 2 is 1.44 bits per heavy atom. The molecule has 0 aliphatic carbocycles. The van der Waals surface area contributed by atoms with Gasteiger partial charge in [0.05, 0.1) is 39.6 Å². The molecule has 0 atom stereocenters. The molecule has 0 unspecified atom stereocenters. The third-order valence-electron chi connectivity index (χ3n) is 1.69. The fraction of sp³-hybridized carbons (Fsp3) is 0.818. The van der Waals surface area contributed by atoms with Crippen molar-refractivity contribution in [3.8, 4) is 0 Å². The molecule has 0 saturated carbocycles. The zero-order valence-corrected chi connectivity index (χ0v) is 10.6. The van der Waals surface area contributed by atoms with E-state index in [1.807, 2.05) is 0 Å². The van der Waals surface area contributed by atoms with E-state index in [1.54, 1.807) is 6.92 Å². The van der Waals surface area contributed by atoms with E-state index in [-0.39, 0.29) is 39.5 Å². The van der Waals surface area contributed by atoms with Gasteiger partial charge in [-0.1, -0.05) is 0 Å². The van der Waals surface area contributed by atoms with Crippen molar-refractivity contribution in [2.45, 2.75) is 13.3 Å². The lowest BCUT2D eigenvalue weighted by Gasteiger charge is -2.06. The molecule has 0 heterocycles. The summed E-state index contributed by atoms with van der Waals surface area (Å²) in [4.78, 5) is 22.0. The minimum Gasteiger partial charge on any atom is -0.466 e. The molecule has 0 saturated heterocycles. The normalized spacial score (nSPS) is 10.1. The van der Waals surface area contributed by atoms with Crippen molar-refractivity contribution in [1.29, 1.82) is 0 Å². The van der Waals surface area contributed by atoms with E-state index in [1.165, 1.54) is 0 Å². The lowest BCUT2D eigenvalue weighted by atomic mass is 10.4. The van der Waals surface area contributed by atoms with Crippen LogP contribution >= 0.6 is 0 Å². The Bertz CT molecular complexity index is 229. The van der Waals surface area contributed by atoms with Crippen molar-refractivity contribution < 1.29 is 33.6 Å². The average Bonchev–Trinajstić information content (AvgIpc) is 2.32. The number of hydrogen-bond acceptors (Lipinski definition) is 7. The highest BCUT2D eigenvalue weighted by molar-refractivity contribution is 5.91. The molecule has 0 aromatic carbocycles. The van der Waals surface area contributed by atoms with Gasteiger partial charge in [0, 0.05) is 0 Å². The smallest absolute Gasteiger partial charge is 0.317 e. The molecule has 0 aromatic heterocycles. The highest BCUT2D eigenvalue weighted by Gasteiger charge is 2.10. The molecule has 0 aliphatic heterocycles. The average molecular weight is 264 g/mol. The molecule has 0 radical (unpaired) electrons. The van der Waals surface area contributed by atoms with Crippen LogP contribution in [-0.4, -0.2) is 63.3 Å². The first-order chi connectivity index (χ1) is 8.70. The molecule has 7 nitrogen and oxygen atoms in total. The maximum Gasteiger partial charge on any atom is 0.317 e. The van der Waals surface area contributed by atoms with Crippen LogP contribution in [0.25, 0.3) is 0 Å². The second kappa shape index (κ2) is 12.3. The van der Waals surface area contributed by atoms with Gasteiger partial charge < -0.3 is 24.1 Å². The molecular formula is C11H20O7. The lowest BCUT2D eigenvalue weighted by Crippen LogP contribution is -2.17. The number of esters is 2. The van der Waals surface area contributed by atoms with Gasteiger partial charge in [-0.3, -0.25) is 9.59 Å². The van der Waals surface area contributed by atoms with Crippen LogP contribution < -0.4 is 0 Å². The van der Waals surface area contributed by atoms with Crippen molar-refractivity contribution in [2.75, 3.05) is 46.2 Å². The Hall–Kier alpha value is -1.18. The summed E-state index contributed by atoms with van der Waals surface area (Å²) >= 11 is 0. The largest absolute Gasteiger partial charge is 0.466 e. The molecule has 7 heteroatoms. The van der Waals surface area contributed by atoms with E-state index >= 15 is 0 Å². The van der Waals surface area contributed by atoms with Crippen LogP contribution in [0.1, 0.15) is 13.3 Å². The molecule has 18 heavy (non-hydrogen) atoms. The van der Waals surface area contributed by atoms with Crippen LogP contribution in [0.4, 0.5) is 0 Å². The minimum atomic E-state index is -0.631. The summed E-state index contributed by atoms with van der Waals surface area (Å²) in [6.45, 7) is 3.20. The molecule has 106 valence electrons. The van der Waals surface area contributed by atoms with Gasteiger partial charge in [-0.25, -0.2) is 0 Å². The van der Waals surface area contributed by atoms with Crippen molar-refractivity contribution in [3.63, 3.8) is 0 Å². The minimum absolute atomic E-state index is 0.0223. The van der Waals surface area contributed by atoms with Gasteiger partial charge >= 0.3 is 11.9 Å². The van der Waals surface area contributed by atoms with Crippen LogP contribution in [-0.2, 0) is 28.5 Å². The predicted octanol–water partition coefficient (Wildman–Crippen LogP) is -0.492. The molecule has 1 N–H and O–H groups in total. The summed E-state index contributed by atoms with van der Waals surface area (Å²) in [6.07, 6.45) is -0.381. The molecule has 0 amide bonds. The van der Waals surface area contributed by atoms with Crippen molar-refractivity contribution >= 4 is 11.9 Å². The highest BCUT2D eigenvalue weighted by atomic mass is 16.6. The lowest BCUT2D eigenvalue weighted by molar-refractivity contribution is -0.155. The zero-order valence-electron chi connectivity index (χ0n) is 10.6. The van der Waals surface area contributed by atoms with Gasteiger partial charge in [-0.05, 0) is 6.92 Å². The Morgan fingerprint density at radius 3 is 2.06 bits per heavy atom. The van der Waals surface area contributed by atoms with Crippen LogP contribution in [0.3, 0.4) is 0 Å². The van der Waals surface area contributed by atoms with E-state index in [0.29, 0.717) is 13.2 Å². The Morgan fingerprint density at radius 1 is 0.889 bits per heavy atom. The number of aliphatic hydroxyl groups excluding tert-OH is 1. The van der Waals surface area contributed by atoms with Crippen LogP contribution in [0.5, 0.6) is 0 Å². The molecule has 0 spiro atoms. The molecule has 0 rings (SSSR count). The van der Waals surface area contributed by atoms with Crippen molar-refractivity contribution in [2.24, 2.45) is 0 Å². The number of hydrogen-bond donors (Lipinski definition) is 1. The van der Waals surface area contributed by atoms with Gasteiger partial charge in [-0.2, -0.15) is 0 Å². The predicted molar refractivity (Wildman–Crippen MR) is 60.9 cm³/mol. The summed E-state index contributed by atoms with van der Waals surface area (Å²) in [7, 11) is 0. The number of ether oxygens (including phenoxy) is 4. The fourth-order valence-electron chi connectivity index (χ4n) is 0.982. The van der Waals surface area contributed by atoms with Crippen LogP contribution in [0.2, 0.25) is 0 Å². The summed E-state index contributed by atoms with van der Waals surface area (Å²) in [6, 6.07) is 0. The van der Waals surface area contributed by atoms with Crippen LogP contribution in [0, 0.1) is 0 Å². The summed E-state index contributed by atoms with van der Waals surface area (Å²) in [5, 5.41) is 8.42. The number of carbonyl (C=O) groups excluding carboxylic acids is 2. The number of aliphatic hydroxyl groups is 1. The second-order valence-electron chi connectivity index (χ2n) is 3.15. The van der Waals surface area contributed by atoms with Crippen LogP contribution in [0.15, 0.2) is 0 Å². The second-order valence-corrected chi connectivity index (χ2v) is 3.15. The van der Waals surface area contributed by atoms with E-state index in [2.05, 4.69) is 4.74 Å². The molecular weight excluding hydrogens is 244 g/mol. The monoisotopic (exact) mass is 264 g/mol.